The third kappa shape index (κ3) is 6.13. The molecule has 1 saturated heterocycles. The van der Waals surface area contributed by atoms with Gasteiger partial charge < -0.3 is 10.2 Å². The average molecular weight is 467 g/mol. The van der Waals surface area contributed by atoms with Gasteiger partial charge in [0.05, 0.1) is 0 Å². The molecular weight excluding hydrogens is 439 g/mol. The topological polar surface area (TPSA) is 32.3 Å². The van der Waals surface area contributed by atoms with E-state index in [1.54, 1.807) is 18.2 Å². The predicted molar refractivity (Wildman–Crippen MR) is 133 cm³/mol. The summed E-state index contributed by atoms with van der Waals surface area (Å²) in [6.45, 7) is 1.65. The smallest absolute Gasteiger partial charge is 0.254 e. The number of hydrogen-bond acceptors (Lipinski definition) is 2. The van der Waals surface area contributed by atoms with Crippen molar-refractivity contribution in [3.63, 3.8) is 0 Å². The standard InChI is InChI=1S/C27H28Cl2N2O/c28-23-16-22(17-24(29)18-23)27(32)31-14-12-25(30-13-11-20-7-3-1-4-8-20)19-26(31)15-21-9-5-2-6-10-21/h1-10,16-18,25-26,30H,11-15,19H2/t25-,26+/m0/s1. The van der Waals surface area contributed by atoms with Crippen LogP contribution in [0, 0.1) is 0 Å². The molecular formula is C27H28Cl2N2O. The zero-order valence-electron chi connectivity index (χ0n) is 18.0. The zero-order chi connectivity index (χ0) is 22.3. The molecule has 0 aromatic heterocycles. The van der Waals surface area contributed by atoms with Gasteiger partial charge in [0.1, 0.15) is 0 Å². The number of nitrogens with one attached hydrogen (secondary N) is 1. The Hall–Kier alpha value is -2.33. The molecule has 0 radical (unpaired) electrons. The van der Waals surface area contributed by atoms with Crippen molar-refractivity contribution in [2.24, 2.45) is 0 Å². The van der Waals surface area contributed by atoms with E-state index in [-0.39, 0.29) is 11.9 Å². The molecule has 1 aliphatic heterocycles. The number of likely N-dealkylation sites (tertiary alicyclic amines) is 1. The van der Waals surface area contributed by atoms with Gasteiger partial charge in [0.2, 0.25) is 0 Å². The molecule has 1 N–H and O–H groups in total. The normalized spacial score (nSPS) is 18.5. The van der Waals surface area contributed by atoms with Gasteiger partial charge in [-0.1, -0.05) is 83.9 Å². The molecule has 0 bridgehead atoms. The van der Waals surface area contributed by atoms with Gasteiger partial charge in [-0.3, -0.25) is 4.79 Å². The monoisotopic (exact) mass is 466 g/mol. The number of hydrogen-bond donors (Lipinski definition) is 1. The molecule has 5 heteroatoms. The van der Waals surface area contributed by atoms with Gasteiger partial charge in [0.15, 0.2) is 0 Å². The predicted octanol–water partition coefficient (Wildman–Crippen LogP) is 6.04. The van der Waals surface area contributed by atoms with Crippen LogP contribution in [-0.2, 0) is 12.8 Å². The van der Waals surface area contributed by atoms with E-state index in [9.17, 15) is 4.79 Å². The molecule has 3 nitrogen and oxygen atoms in total. The fraction of sp³-hybridized carbons (Fsp3) is 0.296. The van der Waals surface area contributed by atoms with Crippen molar-refractivity contribution in [2.75, 3.05) is 13.1 Å². The van der Waals surface area contributed by atoms with E-state index in [0.717, 1.165) is 32.2 Å². The van der Waals surface area contributed by atoms with Gasteiger partial charge in [-0.15, -0.1) is 0 Å². The Balaban J connectivity index is 1.45. The van der Waals surface area contributed by atoms with Gasteiger partial charge in [-0.25, -0.2) is 0 Å². The van der Waals surface area contributed by atoms with Crippen LogP contribution in [0.5, 0.6) is 0 Å². The first-order valence-corrected chi connectivity index (χ1v) is 11.9. The lowest BCUT2D eigenvalue weighted by atomic mass is 9.91. The summed E-state index contributed by atoms with van der Waals surface area (Å²) in [5.74, 6) is -0.00179. The number of carbonyl (C=O) groups is 1. The Kier molecular flexibility index (Phi) is 7.85. The number of rotatable bonds is 7. The maximum atomic E-state index is 13.4. The number of carbonyl (C=O) groups excluding carboxylic acids is 1. The lowest BCUT2D eigenvalue weighted by Crippen LogP contribution is -2.52. The highest BCUT2D eigenvalue weighted by atomic mass is 35.5. The Morgan fingerprint density at radius 1 is 0.906 bits per heavy atom. The number of piperidine rings is 1. The molecule has 3 aromatic carbocycles. The molecule has 1 heterocycles. The lowest BCUT2D eigenvalue weighted by molar-refractivity contribution is 0.0578. The largest absolute Gasteiger partial charge is 0.335 e. The number of nitrogens with zero attached hydrogens (tertiary/aromatic N) is 1. The van der Waals surface area contributed by atoms with Crippen LogP contribution in [0.15, 0.2) is 78.9 Å². The van der Waals surface area contributed by atoms with Crippen molar-refractivity contribution in [3.8, 4) is 0 Å². The molecule has 1 fully saturated rings. The Morgan fingerprint density at radius 2 is 1.53 bits per heavy atom. The third-order valence-corrected chi connectivity index (χ3v) is 6.53. The maximum Gasteiger partial charge on any atom is 0.254 e. The summed E-state index contributed by atoms with van der Waals surface area (Å²) in [4.78, 5) is 15.4. The van der Waals surface area contributed by atoms with E-state index >= 15 is 0 Å². The van der Waals surface area contributed by atoms with Crippen molar-refractivity contribution in [3.05, 3.63) is 106 Å². The van der Waals surface area contributed by atoms with Crippen molar-refractivity contribution in [2.45, 2.75) is 37.8 Å². The summed E-state index contributed by atoms with van der Waals surface area (Å²) in [6, 6.07) is 26.5. The van der Waals surface area contributed by atoms with Gasteiger partial charge in [0, 0.05) is 34.2 Å². The van der Waals surface area contributed by atoms with E-state index in [1.165, 1.54) is 11.1 Å². The van der Waals surface area contributed by atoms with E-state index < -0.39 is 0 Å². The van der Waals surface area contributed by atoms with Crippen LogP contribution in [0.3, 0.4) is 0 Å². The second-order valence-corrected chi connectivity index (χ2v) is 9.28. The van der Waals surface area contributed by atoms with Crippen LogP contribution < -0.4 is 5.32 Å². The van der Waals surface area contributed by atoms with E-state index in [4.69, 9.17) is 23.2 Å². The first kappa shape index (κ1) is 22.8. The molecule has 32 heavy (non-hydrogen) atoms. The molecule has 0 saturated carbocycles. The summed E-state index contributed by atoms with van der Waals surface area (Å²) < 4.78 is 0. The summed E-state index contributed by atoms with van der Waals surface area (Å²) in [5, 5.41) is 4.69. The van der Waals surface area contributed by atoms with Crippen LogP contribution >= 0.6 is 23.2 Å². The third-order valence-electron chi connectivity index (χ3n) is 6.09. The van der Waals surface area contributed by atoms with Gasteiger partial charge in [-0.05, 0) is 61.6 Å². The molecule has 1 amide bonds. The van der Waals surface area contributed by atoms with Crippen molar-refractivity contribution in [1.82, 2.24) is 10.2 Å². The minimum absolute atomic E-state index is 0.00179. The number of benzene rings is 3. The first-order valence-electron chi connectivity index (χ1n) is 11.2. The average Bonchev–Trinajstić information content (AvgIpc) is 2.80. The highest BCUT2D eigenvalue weighted by Gasteiger charge is 2.32. The Morgan fingerprint density at radius 3 is 2.19 bits per heavy atom. The highest BCUT2D eigenvalue weighted by molar-refractivity contribution is 6.35. The summed E-state index contributed by atoms with van der Waals surface area (Å²) in [5.41, 5.74) is 3.13. The van der Waals surface area contributed by atoms with Crippen molar-refractivity contribution < 1.29 is 4.79 Å². The summed E-state index contributed by atoms with van der Waals surface area (Å²) in [6.07, 6.45) is 3.69. The van der Waals surface area contributed by atoms with Gasteiger partial charge >= 0.3 is 0 Å². The molecule has 2 atom stereocenters. The van der Waals surface area contributed by atoms with Crippen LogP contribution in [0.1, 0.15) is 34.3 Å². The van der Waals surface area contributed by atoms with E-state index in [1.807, 2.05) is 17.0 Å². The second-order valence-electron chi connectivity index (χ2n) is 8.41. The quantitative estimate of drug-likeness (QED) is 0.460. The summed E-state index contributed by atoms with van der Waals surface area (Å²) >= 11 is 12.3. The molecule has 0 unspecified atom stereocenters. The maximum absolute atomic E-state index is 13.4. The van der Waals surface area contributed by atoms with Crippen LogP contribution in [0.2, 0.25) is 10.0 Å². The first-order chi connectivity index (χ1) is 15.6. The SMILES string of the molecule is O=C(c1cc(Cl)cc(Cl)c1)N1CC[C@H](NCCc2ccccc2)C[C@H]1Cc1ccccc1. The fourth-order valence-electron chi connectivity index (χ4n) is 4.49. The molecule has 0 aliphatic carbocycles. The van der Waals surface area contributed by atoms with Crippen LogP contribution in [0.25, 0.3) is 0 Å². The van der Waals surface area contributed by atoms with Crippen molar-refractivity contribution in [1.29, 1.82) is 0 Å². The van der Waals surface area contributed by atoms with Gasteiger partial charge in [-0.2, -0.15) is 0 Å². The molecule has 4 rings (SSSR count). The molecule has 166 valence electrons. The molecule has 3 aromatic rings. The molecule has 0 spiro atoms. The number of amides is 1. The Bertz CT molecular complexity index is 1010. The van der Waals surface area contributed by atoms with E-state index in [2.05, 4.69) is 53.8 Å². The zero-order valence-corrected chi connectivity index (χ0v) is 19.5. The second kappa shape index (κ2) is 11.0. The minimum atomic E-state index is -0.00179. The van der Waals surface area contributed by atoms with Crippen molar-refractivity contribution >= 4 is 29.1 Å². The highest BCUT2D eigenvalue weighted by Crippen LogP contribution is 2.26. The minimum Gasteiger partial charge on any atom is -0.335 e. The van der Waals surface area contributed by atoms with Crippen LogP contribution in [-0.4, -0.2) is 36.0 Å². The van der Waals surface area contributed by atoms with Gasteiger partial charge in [0.25, 0.3) is 5.91 Å². The lowest BCUT2D eigenvalue weighted by Gasteiger charge is -2.40. The number of halogens is 2. The van der Waals surface area contributed by atoms with Crippen LogP contribution in [0.4, 0.5) is 0 Å². The van der Waals surface area contributed by atoms with E-state index in [0.29, 0.717) is 28.2 Å². The summed E-state index contributed by atoms with van der Waals surface area (Å²) in [7, 11) is 0. The molecule has 1 aliphatic rings. The fourth-order valence-corrected chi connectivity index (χ4v) is 5.02. The Labute approximate surface area is 200 Å².